The van der Waals surface area contributed by atoms with E-state index >= 15 is 0 Å². The van der Waals surface area contributed by atoms with Gasteiger partial charge in [0.05, 0.1) is 5.60 Å². The normalized spacial score (nSPS) is 25.8. The highest BCUT2D eigenvalue weighted by atomic mass is 16.3. The number of rotatable bonds is 5. The van der Waals surface area contributed by atoms with Crippen molar-refractivity contribution in [2.45, 2.75) is 76.9 Å². The number of nitrogens with one attached hydrogen (secondary N) is 2. The van der Waals surface area contributed by atoms with Gasteiger partial charge in [-0.25, -0.2) is 4.79 Å². The number of carbonyl (C=O) groups is 1. The van der Waals surface area contributed by atoms with Gasteiger partial charge in [-0.3, -0.25) is 0 Å². The Kier molecular flexibility index (Phi) is 7.15. The van der Waals surface area contributed by atoms with Crippen LogP contribution in [0.15, 0.2) is 0 Å². The molecular formula is C18H35N3O2. The van der Waals surface area contributed by atoms with E-state index in [2.05, 4.69) is 29.4 Å². The average molecular weight is 325 g/mol. The van der Waals surface area contributed by atoms with Gasteiger partial charge in [-0.1, -0.05) is 25.7 Å². The lowest BCUT2D eigenvalue weighted by Crippen LogP contribution is -2.48. The molecule has 1 aliphatic carbocycles. The summed E-state index contributed by atoms with van der Waals surface area (Å²) in [6, 6.07) is 0.445. The fourth-order valence-corrected chi connectivity index (χ4v) is 3.84. The van der Waals surface area contributed by atoms with Crippen molar-refractivity contribution in [2.24, 2.45) is 5.92 Å². The van der Waals surface area contributed by atoms with Crippen LogP contribution in [0.1, 0.15) is 65.2 Å². The molecule has 0 aromatic carbocycles. The molecule has 1 aliphatic heterocycles. The Hall–Kier alpha value is -0.810. The molecule has 134 valence electrons. The molecule has 1 atom stereocenters. The topological polar surface area (TPSA) is 64.6 Å². The number of aliphatic hydroxyl groups is 1. The summed E-state index contributed by atoms with van der Waals surface area (Å²) >= 11 is 0. The van der Waals surface area contributed by atoms with Gasteiger partial charge in [0.2, 0.25) is 0 Å². The Labute approximate surface area is 141 Å². The van der Waals surface area contributed by atoms with Gasteiger partial charge in [-0.05, 0) is 52.0 Å². The monoisotopic (exact) mass is 325 g/mol. The number of hydrogen-bond donors (Lipinski definition) is 3. The summed E-state index contributed by atoms with van der Waals surface area (Å²) in [5.74, 6) is 0.540. The number of amides is 2. The van der Waals surface area contributed by atoms with Crippen LogP contribution in [0.3, 0.4) is 0 Å². The molecule has 1 saturated carbocycles. The molecule has 23 heavy (non-hydrogen) atoms. The second-order valence-electron chi connectivity index (χ2n) is 7.80. The number of piperidine rings is 1. The second-order valence-corrected chi connectivity index (χ2v) is 7.80. The van der Waals surface area contributed by atoms with Crippen LogP contribution in [0.4, 0.5) is 4.79 Å². The van der Waals surface area contributed by atoms with Crippen LogP contribution in [-0.2, 0) is 0 Å². The van der Waals surface area contributed by atoms with Crippen molar-refractivity contribution >= 4 is 6.03 Å². The Morgan fingerprint density at radius 1 is 1.17 bits per heavy atom. The minimum atomic E-state index is -0.701. The van der Waals surface area contributed by atoms with Gasteiger partial charge >= 0.3 is 6.03 Å². The number of urea groups is 1. The summed E-state index contributed by atoms with van der Waals surface area (Å²) in [7, 11) is 0. The van der Waals surface area contributed by atoms with Crippen molar-refractivity contribution in [3.63, 3.8) is 0 Å². The second kappa shape index (κ2) is 8.88. The van der Waals surface area contributed by atoms with Crippen LogP contribution < -0.4 is 10.6 Å². The van der Waals surface area contributed by atoms with E-state index < -0.39 is 5.60 Å². The van der Waals surface area contributed by atoms with Crippen LogP contribution in [0.5, 0.6) is 0 Å². The van der Waals surface area contributed by atoms with Gasteiger partial charge in [0.1, 0.15) is 0 Å². The first kappa shape index (κ1) is 18.5. The Morgan fingerprint density at radius 2 is 1.87 bits per heavy atom. The highest BCUT2D eigenvalue weighted by Gasteiger charge is 2.28. The maximum atomic E-state index is 12.0. The molecule has 0 radical (unpaired) electrons. The average Bonchev–Trinajstić information content (AvgIpc) is 2.76. The van der Waals surface area contributed by atoms with E-state index in [9.17, 15) is 9.90 Å². The zero-order valence-electron chi connectivity index (χ0n) is 14.9. The van der Waals surface area contributed by atoms with Crippen molar-refractivity contribution in [1.29, 1.82) is 0 Å². The highest BCUT2D eigenvalue weighted by molar-refractivity contribution is 5.73. The number of nitrogens with zero attached hydrogens (tertiary/aromatic N) is 1. The first-order chi connectivity index (χ1) is 11.0. The van der Waals surface area contributed by atoms with E-state index in [1.807, 2.05) is 0 Å². The van der Waals surface area contributed by atoms with E-state index in [0.29, 0.717) is 18.5 Å². The molecule has 2 rings (SSSR count). The van der Waals surface area contributed by atoms with E-state index in [4.69, 9.17) is 0 Å². The van der Waals surface area contributed by atoms with Crippen LogP contribution in [-0.4, -0.2) is 53.9 Å². The van der Waals surface area contributed by atoms with Crippen molar-refractivity contribution in [2.75, 3.05) is 26.2 Å². The molecule has 2 aliphatic rings. The Bertz CT molecular complexity index is 365. The number of carbonyl (C=O) groups excluding carboxylic acids is 1. The Balaban J connectivity index is 1.66. The molecule has 5 nitrogen and oxygen atoms in total. The summed E-state index contributed by atoms with van der Waals surface area (Å²) in [6.07, 6.45) is 8.53. The maximum Gasteiger partial charge on any atom is 0.314 e. The van der Waals surface area contributed by atoms with Gasteiger partial charge in [-0.15, -0.1) is 0 Å². The van der Waals surface area contributed by atoms with Gasteiger partial charge in [0.15, 0.2) is 0 Å². The molecule has 2 fully saturated rings. The molecule has 0 aromatic rings. The summed E-state index contributed by atoms with van der Waals surface area (Å²) in [6.45, 7) is 7.82. The van der Waals surface area contributed by atoms with Gasteiger partial charge in [0.25, 0.3) is 0 Å². The van der Waals surface area contributed by atoms with Crippen molar-refractivity contribution in [1.82, 2.24) is 15.5 Å². The zero-order valence-corrected chi connectivity index (χ0v) is 14.9. The van der Waals surface area contributed by atoms with Crippen LogP contribution >= 0.6 is 0 Å². The number of likely N-dealkylation sites (tertiary alicyclic amines) is 1. The zero-order chi connectivity index (χ0) is 16.7. The summed E-state index contributed by atoms with van der Waals surface area (Å²) in [5.41, 5.74) is -0.701. The van der Waals surface area contributed by atoms with E-state index in [-0.39, 0.29) is 6.03 Å². The van der Waals surface area contributed by atoms with Crippen molar-refractivity contribution < 1.29 is 9.90 Å². The van der Waals surface area contributed by atoms with Crippen LogP contribution in [0, 0.1) is 5.92 Å². The molecule has 0 bridgehead atoms. The predicted octanol–water partition coefficient (Wildman–Crippen LogP) is 2.49. The number of hydrogen-bond acceptors (Lipinski definition) is 3. The lowest BCUT2D eigenvalue weighted by molar-refractivity contribution is 0.0276. The van der Waals surface area contributed by atoms with Gasteiger partial charge in [0, 0.05) is 25.7 Å². The predicted molar refractivity (Wildman–Crippen MR) is 93.5 cm³/mol. The van der Waals surface area contributed by atoms with E-state index in [1.54, 1.807) is 0 Å². The van der Waals surface area contributed by atoms with Crippen molar-refractivity contribution in [3.8, 4) is 0 Å². The molecular weight excluding hydrogens is 290 g/mol. The quantitative estimate of drug-likeness (QED) is 0.681. The van der Waals surface area contributed by atoms with E-state index in [1.165, 1.54) is 32.2 Å². The molecule has 0 aromatic heterocycles. The fraction of sp³-hybridized carbons (Fsp3) is 0.944. The van der Waals surface area contributed by atoms with Gasteiger partial charge in [-0.2, -0.15) is 0 Å². The van der Waals surface area contributed by atoms with Gasteiger partial charge < -0.3 is 20.6 Å². The first-order valence-electron chi connectivity index (χ1n) is 9.47. The summed E-state index contributed by atoms with van der Waals surface area (Å²) in [5, 5.41) is 16.4. The lowest BCUT2D eigenvalue weighted by atomic mass is 9.94. The molecule has 1 saturated heterocycles. The molecule has 3 N–H and O–H groups in total. The Morgan fingerprint density at radius 3 is 2.52 bits per heavy atom. The van der Waals surface area contributed by atoms with Crippen LogP contribution in [0.2, 0.25) is 0 Å². The molecule has 1 heterocycles. The third-order valence-electron chi connectivity index (χ3n) is 5.44. The molecule has 1 unspecified atom stereocenters. The minimum Gasteiger partial charge on any atom is -0.388 e. The SMILES string of the molecule is CC(C)N1CCCC(CNC(=O)NCC2(O)CCCCCC2)C1. The maximum absolute atomic E-state index is 12.0. The van der Waals surface area contributed by atoms with Crippen LogP contribution in [0.25, 0.3) is 0 Å². The fourth-order valence-electron chi connectivity index (χ4n) is 3.84. The smallest absolute Gasteiger partial charge is 0.314 e. The third-order valence-corrected chi connectivity index (χ3v) is 5.44. The molecule has 5 heteroatoms. The molecule has 0 spiro atoms. The standard InChI is InChI=1S/C18H35N3O2/c1-15(2)21-11-7-8-16(13-21)12-19-17(22)20-14-18(23)9-5-3-4-6-10-18/h15-16,23H,3-14H2,1-2H3,(H2,19,20,22). The summed E-state index contributed by atoms with van der Waals surface area (Å²) in [4.78, 5) is 14.5. The molecule has 2 amide bonds. The highest BCUT2D eigenvalue weighted by Crippen LogP contribution is 2.26. The summed E-state index contributed by atoms with van der Waals surface area (Å²) < 4.78 is 0. The van der Waals surface area contributed by atoms with E-state index in [0.717, 1.165) is 38.8 Å². The minimum absolute atomic E-state index is 0.135. The lowest BCUT2D eigenvalue weighted by Gasteiger charge is -2.35. The first-order valence-corrected chi connectivity index (χ1v) is 9.47. The third kappa shape index (κ3) is 6.30. The van der Waals surface area contributed by atoms with Crippen molar-refractivity contribution in [3.05, 3.63) is 0 Å². The largest absolute Gasteiger partial charge is 0.388 e.